The highest BCUT2D eigenvalue weighted by molar-refractivity contribution is 7.92. The van der Waals surface area contributed by atoms with Crippen LogP contribution in [0.3, 0.4) is 0 Å². The van der Waals surface area contributed by atoms with E-state index in [-0.39, 0.29) is 16.2 Å². The Kier molecular flexibility index (Phi) is 7.87. The lowest BCUT2D eigenvalue weighted by molar-refractivity contribution is -0.111. The molecule has 8 nitrogen and oxygen atoms in total. The summed E-state index contributed by atoms with van der Waals surface area (Å²) in [6.45, 7) is 6.24. The van der Waals surface area contributed by atoms with Gasteiger partial charge in [0.25, 0.3) is 10.0 Å². The number of nitrogens with zero attached hydrogens (tertiary/aromatic N) is 1. The average molecular weight is 581 g/mol. The minimum atomic E-state index is -3.83. The molecule has 0 aliphatic heterocycles. The van der Waals surface area contributed by atoms with Gasteiger partial charge >= 0.3 is 0 Å². The maximum atomic E-state index is 13.3. The maximum absolute atomic E-state index is 13.3. The summed E-state index contributed by atoms with van der Waals surface area (Å²) in [6.07, 6.45) is 6.35. The average Bonchev–Trinajstić information content (AvgIpc) is 3.33. The van der Waals surface area contributed by atoms with Crippen molar-refractivity contribution in [1.29, 1.82) is 0 Å². The molecule has 2 aromatic heterocycles. The number of fused-ring (bicyclic) bond motifs is 1. The van der Waals surface area contributed by atoms with Crippen molar-refractivity contribution in [3.05, 3.63) is 109 Å². The Labute approximate surface area is 245 Å². The van der Waals surface area contributed by atoms with Crippen molar-refractivity contribution in [3.63, 3.8) is 0 Å². The smallest absolute Gasteiger partial charge is 0.261 e. The molecule has 5 aromatic rings. The number of aromatic nitrogens is 2. The summed E-state index contributed by atoms with van der Waals surface area (Å²) in [5, 5.41) is 3.59. The Morgan fingerprint density at radius 3 is 2.36 bits per heavy atom. The van der Waals surface area contributed by atoms with Crippen LogP contribution in [0.25, 0.3) is 28.1 Å². The summed E-state index contributed by atoms with van der Waals surface area (Å²) in [6, 6.07) is 23.2. The largest absolute Gasteiger partial charge is 0.497 e. The van der Waals surface area contributed by atoms with Crippen LogP contribution in [0.5, 0.6) is 5.75 Å². The number of amides is 1. The van der Waals surface area contributed by atoms with E-state index < -0.39 is 10.0 Å². The van der Waals surface area contributed by atoms with E-state index in [4.69, 9.17) is 4.74 Å². The number of anilines is 2. The second-order valence-electron chi connectivity index (χ2n) is 10.8. The number of carbonyl (C=O) groups is 1. The van der Waals surface area contributed by atoms with Crippen LogP contribution in [-0.4, -0.2) is 31.4 Å². The zero-order valence-electron chi connectivity index (χ0n) is 23.8. The number of pyridine rings is 1. The van der Waals surface area contributed by atoms with Gasteiger partial charge in [0, 0.05) is 52.0 Å². The van der Waals surface area contributed by atoms with Crippen molar-refractivity contribution in [2.45, 2.75) is 31.1 Å². The van der Waals surface area contributed by atoms with Crippen LogP contribution in [0.1, 0.15) is 32.0 Å². The number of aromatic amines is 1. The van der Waals surface area contributed by atoms with Gasteiger partial charge in [0.1, 0.15) is 5.75 Å². The summed E-state index contributed by atoms with van der Waals surface area (Å²) in [5.74, 6) is 0.366. The number of nitrogens with one attached hydrogen (secondary N) is 3. The number of benzene rings is 3. The Morgan fingerprint density at radius 2 is 1.67 bits per heavy atom. The number of sulfonamides is 1. The van der Waals surface area contributed by atoms with E-state index in [0.717, 1.165) is 27.6 Å². The second kappa shape index (κ2) is 11.5. The minimum absolute atomic E-state index is 0.0859. The first kappa shape index (κ1) is 28.6. The molecule has 0 saturated heterocycles. The van der Waals surface area contributed by atoms with E-state index in [1.807, 2.05) is 42.5 Å². The third-order valence-corrected chi connectivity index (χ3v) is 8.22. The third-order valence-electron chi connectivity index (χ3n) is 6.82. The molecular weight excluding hydrogens is 548 g/mol. The highest BCUT2D eigenvalue weighted by Crippen LogP contribution is 2.36. The first-order valence-corrected chi connectivity index (χ1v) is 14.8. The molecule has 0 unspecified atom stereocenters. The molecule has 42 heavy (non-hydrogen) atoms. The van der Waals surface area contributed by atoms with Gasteiger partial charge in [0.15, 0.2) is 0 Å². The fraction of sp³-hybridized carbons (Fsp3) is 0.152. The number of carbonyl (C=O) groups excluding carboxylic acids is 1. The van der Waals surface area contributed by atoms with E-state index in [0.29, 0.717) is 22.8 Å². The number of H-pyrrole nitrogens is 1. The van der Waals surface area contributed by atoms with Crippen LogP contribution in [0.15, 0.2) is 102 Å². The molecule has 0 fully saturated rings. The summed E-state index contributed by atoms with van der Waals surface area (Å²) in [5.41, 5.74) is 5.11. The van der Waals surface area contributed by atoms with E-state index in [2.05, 4.69) is 40.8 Å². The van der Waals surface area contributed by atoms with E-state index in [9.17, 15) is 13.2 Å². The number of rotatable bonds is 8. The second-order valence-corrected chi connectivity index (χ2v) is 12.5. The molecule has 1 amide bonds. The molecule has 214 valence electrons. The fourth-order valence-electron chi connectivity index (χ4n) is 4.62. The van der Waals surface area contributed by atoms with Crippen molar-refractivity contribution >= 4 is 44.3 Å². The topological polar surface area (TPSA) is 113 Å². The van der Waals surface area contributed by atoms with Crippen molar-refractivity contribution in [1.82, 2.24) is 9.97 Å². The van der Waals surface area contributed by atoms with Crippen LogP contribution < -0.4 is 14.8 Å². The molecule has 9 heteroatoms. The molecule has 3 N–H and O–H groups in total. The van der Waals surface area contributed by atoms with E-state index in [1.54, 1.807) is 62.0 Å². The van der Waals surface area contributed by atoms with Gasteiger partial charge in [-0.2, -0.15) is 0 Å². The van der Waals surface area contributed by atoms with Crippen molar-refractivity contribution in [2.24, 2.45) is 0 Å². The zero-order valence-corrected chi connectivity index (χ0v) is 24.6. The molecule has 0 aliphatic rings. The molecule has 3 aromatic carbocycles. The quantitative estimate of drug-likeness (QED) is 0.171. The molecule has 5 rings (SSSR count). The van der Waals surface area contributed by atoms with Crippen LogP contribution in [0, 0.1) is 0 Å². The first-order chi connectivity index (χ1) is 20.0. The van der Waals surface area contributed by atoms with Gasteiger partial charge in [-0.3, -0.25) is 14.5 Å². The van der Waals surface area contributed by atoms with Crippen LogP contribution >= 0.6 is 0 Å². The summed E-state index contributed by atoms with van der Waals surface area (Å²) < 4.78 is 34.7. The number of ether oxygens (including phenoxy) is 1. The number of hydrogen-bond donors (Lipinski definition) is 3. The Morgan fingerprint density at radius 1 is 0.929 bits per heavy atom. The van der Waals surface area contributed by atoms with Crippen LogP contribution in [0.4, 0.5) is 11.4 Å². The van der Waals surface area contributed by atoms with E-state index >= 15 is 0 Å². The zero-order chi connectivity index (χ0) is 29.9. The van der Waals surface area contributed by atoms with Gasteiger partial charge in [0.05, 0.1) is 12.0 Å². The third kappa shape index (κ3) is 6.37. The molecule has 0 atom stereocenters. The van der Waals surface area contributed by atoms with Gasteiger partial charge in [-0.25, -0.2) is 8.42 Å². The van der Waals surface area contributed by atoms with Gasteiger partial charge in [0.2, 0.25) is 5.91 Å². The lowest BCUT2D eigenvalue weighted by atomic mass is 9.87. The lowest BCUT2D eigenvalue weighted by Gasteiger charge is -2.19. The SMILES string of the molecule is COc1cccc(-c2c(/C=C/C(=O)Nc3ccncc3)[nH]c3ccc(NS(=O)(=O)c4ccc(C(C)(C)C)cc4)cc23)c1. The maximum Gasteiger partial charge on any atom is 0.261 e. The minimum Gasteiger partial charge on any atom is -0.497 e. The normalized spacial score (nSPS) is 12.0. The van der Waals surface area contributed by atoms with Crippen LogP contribution in [0.2, 0.25) is 0 Å². The predicted octanol–water partition coefficient (Wildman–Crippen LogP) is 6.99. The predicted molar refractivity (Wildman–Crippen MR) is 168 cm³/mol. The van der Waals surface area contributed by atoms with Crippen molar-refractivity contribution in [3.8, 4) is 16.9 Å². The van der Waals surface area contributed by atoms with Crippen LogP contribution in [-0.2, 0) is 20.2 Å². The van der Waals surface area contributed by atoms with Gasteiger partial charge < -0.3 is 15.0 Å². The summed E-state index contributed by atoms with van der Waals surface area (Å²) in [7, 11) is -2.23. The molecule has 0 aliphatic carbocycles. The number of methoxy groups -OCH3 is 1. The molecule has 0 spiro atoms. The molecular formula is C33H32N4O4S. The Balaban J connectivity index is 1.51. The van der Waals surface area contributed by atoms with Gasteiger partial charge in [-0.1, -0.05) is 45.0 Å². The number of hydrogen-bond acceptors (Lipinski definition) is 5. The molecule has 0 radical (unpaired) electrons. The first-order valence-electron chi connectivity index (χ1n) is 13.4. The highest BCUT2D eigenvalue weighted by Gasteiger charge is 2.19. The standard InChI is InChI=1S/C33H32N4O4S/c1-33(2,3)23-8-11-27(12-9-23)42(39,40)37-25-10-13-29-28(21-25)32(22-6-5-7-26(20-22)41-4)30(36-29)14-15-31(38)35-24-16-18-34-19-17-24/h5-21,36-37H,1-4H3,(H,34,35,38)/b15-14+. The molecule has 0 bridgehead atoms. The lowest BCUT2D eigenvalue weighted by Crippen LogP contribution is -2.14. The molecule has 2 heterocycles. The summed E-state index contributed by atoms with van der Waals surface area (Å²) in [4.78, 5) is 20.2. The fourth-order valence-corrected chi connectivity index (χ4v) is 5.67. The van der Waals surface area contributed by atoms with Crippen molar-refractivity contribution in [2.75, 3.05) is 17.1 Å². The highest BCUT2D eigenvalue weighted by atomic mass is 32.2. The molecule has 0 saturated carbocycles. The van der Waals surface area contributed by atoms with Gasteiger partial charge in [-0.05, 0) is 77.2 Å². The van der Waals surface area contributed by atoms with E-state index in [1.165, 1.54) is 6.08 Å². The Bertz CT molecular complexity index is 1870. The summed E-state index contributed by atoms with van der Waals surface area (Å²) >= 11 is 0. The monoisotopic (exact) mass is 580 g/mol. The van der Waals surface area contributed by atoms with Gasteiger partial charge in [-0.15, -0.1) is 0 Å². The Hall–Kier alpha value is -4.89. The van der Waals surface area contributed by atoms with Crippen molar-refractivity contribution < 1.29 is 17.9 Å².